The van der Waals surface area contributed by atoms with E-state index in [1.807, 2.05) is 0 Å². The molecule has 0 aliphatic carbocycles. The molecular formula is C16H13FO4. The van der Waals surface area contributed by atoms with E-state index in [0.29, 0.717) is 11.3 Å². The van der Waals surface area contributed by atoms with E-state index >= 15 is 0 Å². The quantitative estimate of drug-likeness (QED) is 0.627. The van der Waals surface area contributed by atoms with Crippen LogP contribution in [0.3, 0.4) is 0 Å². The zero-order valence-electron chi connectivity index (χ0n) is 11.3. The third kappa shape index (κ3) is 3.89. The maximum atomic E-state index is 13.0. The van der Waals surface area contributed by atoms with E-state index in [2.05, 4.69) is 0 Å². The fourth-order valence-electron chi connectivity index (χ4n) is 1.69. The van der Waals surface area contributed by atoms with Crippen LogP contribution in [-0.2, 0) is 4.74 Å². The molecule has 0 amide bonds. The topological polar surface area (TPSA) is 52.6 Å². The molecule has 0 radical (unpaired) electrons. The average Bonchev–Trinajstić information content (AvgIpc) is 2.52. The highest BCUT2D eigenvalue weighted by Crippen LogP contribution is 2.12. The molecule has 0 atom stereocenters. The van der Waals surface area contributed by atoms with E-state index < -0.39 is 18.4 Å². The van der Waals surface area contributed by atoms with Gasteiger partial charge in [-0.05, 0) is 42.5 Å². The number of carbonyl (C=O) groups is 2. The molecule has 0 saturated heterocycles. The molecule has 5 heteroatoms. The maximum Gasteiger partial charge on any atom is 0.338 e. The summed E-state index contributed by atoms with van der Waals surface area (Å²) in [5.74, 6) is -0.993. The number of Topliss-reactive ketones (excluding diaryl/α,β-unsaturated/α-hetero) is 1. The van der Waals surface area contributed by atoms with Crippen molar-refractivity contribution >= 4 is 11.8 Å². The summed E-state index contributed by atoms with van der Waals surface area (Å²) >= 11 is 0. The Morgan fingerprint density at radius 2 is 1.76 bits per heavy atom. The highest BCUT2D eigenvalue weighted by Gasteiger charge is 2.12. The van der Waals surface area contributed by atoms with Crippen molar-refractivity contribution < 1.29 is 23.5 Å². The van der Waals surface area contributed by atoms with E-state index in [4.69, 9.17) is 9.47 Å². The standard InChI is InChI=1S/C16H13FO4/c1-20-14-7-5-11(6-8-14)15(18)10-21-16(19)12-3-2-4-13(17)9-12/h2-9H,10H2,1H3. The molecule has 0 unspecified atom stereocenters. The molecule has 21 heavy (non-hydrogen) atoms. The number of hydrogen-bond acceptors (Lipinski definition) is 4. The molecule has 0 heterocycles. The number of rotatable bonds is 5. The van der Waals surface area contributed by atoms with Crippen LogP contribution in [0.5, 0.6) is 5.75 Å². The minimum Gasteiger partial charge on any atom is -0.497 e. The van der Waals surface area contributed by atoms with Crippen molar-refractivity contribution in [2.75, 3.05) is 13.7 Å². The first-order valence-electron chi connectivity index (χ1n) is 6.20. The van der Waals surface area contributed by atoms with E-state index in [1.54, 1.807) is 24.3 Å². The first-order chi connectivity index (χ1) is 10.1. The second-order valence-corrected chi connectivity index (χ2v) is 4.24. The van der Waals surface area contributed by atoms with Crippen LogP contribution in [0, 0.1) is 5.82 Å². The molecule has 0 aliphatic rings. The van der Waals surface area contributed by atoms with E-state index in [0.717, 1.165) is 6.07 Å². The van der Waals surface area contributed by atoms with Gasteiger partial charge in [0.1, 0.15) is 11.6 Å². The molecular weight excluding hydrogens is 275 g/mol. The maximum absolute atomic E-state index is 13.0. The lowest BCUT2D eigenvalue weighted by Crippen LogP contribution is -2.14. The van der Waals surface area contributed by atoms with E-state index in [9.17, 15) is 14.0 Å². The minimum atomic E-state index is -0.739. The minimum absolute atomic E-state index is 0.0672. The molecule has 2 aromatic carbocycles. The fraction of sp³-hybridized carbons (Fsp3) is 0.125. The smallest absolute Gasteiger partial charge is 0.338 e. The van der Waals surface area contributed by atoms with Gasteiger partial charge in [0.25, 0.3) is 0 Å². The predicted octanol–water partition coefficient (Wildman–Crippen LogP) is 2.87. The summed E-state index contributed by atoms with van der Waals surface area (Å²) in [7, 11) is 1.53. The third-order valence-corrected chi connectivity index (χ3v) is 2.81. The van der Waals surface area contributed by atoms with E-state index in [-0.39, 0.29) is 11.3 Å². The summed E-state index contributed by atoms with van der Waals surface area (Å²) in [6, 6.07) is 11.5. The largest absolute Gasteiger partial charge is 0.497 e. The number of halogens is 1. The van der Waals surface area contributed by atoms with Crippen molar-refractivity contribution in [1.82, 2.24) is 0 Å². The summed E-state index contributed by atoms with van der Waals surface area (Å²) in [4.78, 5) is 23.5. The number of methoxy groups -OCH3 is 1. The fourth-order valence-corrected chi connectivity index (χ4v) is 1.69. The van der Waals surface area contributed by atoms with E-state index in [1.165, 1.54) is 25.3 Å². The lowest BCUT2D eigenvalue weighted by atomic mass is 10.1. The summed E-state index contributed by atoms with van der Waals surface area (Å²) in [5, 5.41) is 0. The van der Waals surface area contributed by atoms with Crippen molar-refractivity contribution in [2.45, 2.75) is 0 Å². The van der Waals surface area contributed by atoms with Gasteiger partial charge in [0.2, 0.25) is 0 Å². The second kappa shape index (κ2) is 6.65. The summed E-state index contributed by atoms with van der Waals surface area (Å²) in [6.45, 7) is -0.401. The van der Waals surface area contributed by atoms with Crippen molar-refractivity contribution in [3.05, 3.63) is 65.5 Å². The molecule has 0 fully saturated rings. The van der Waals surface area contributed by atoms with Crippen LogP contribution in [0.15, 0.2) is 48.5 Å². The zero-order chi connectivity index (χ0) is 15.2. The molecule has 0 aromatic heterocycles. The van der Waals surface area contributed by atoms with Crippen molar-refractivity contribution in [3.8, 4) is 5.75 Å². The van der Waals surface area contributed by atoms with Crippen LogP contribution in [0.2, 0.25) is 0 Å². The molecule has 2 rings (SSSR count). The SMILES string of the molecule is COc1ccc(C(=O)COC(=O)c2cccc(F)c2)cc1. The van der Waals surface area contributed by atoms with Gasteiger partial charge in [-0.25, -0.2) is 9.18 Å². The van der Waals surface area contributed by atoms with Gasteiger partial charge in [0, 0.05) is 5.56 Å². The first kappa shape index (κ1) is 14.7. The van der Waals surface area contributed by atoms with Gasteiger partial charge in [-0.3, -0.25) is 4.79 Å². The zero-order valence-corrected chi connectivity index (χ0v) is 11.3. The molecule has 0 N–H and O–H groups in total. The van der Waals surface area contributed by atoms with Gasteiger partial charge in [-0.1, -0.05) is 6.07 Å². The number of benzene rings is 2. The third-order valence-electron chi connectivity index (χ3n) is 2.81. The average molecular weight is 288 g/mol. The summed E-state index contributed by atoms with van der Waals surface area (Å²) < 4.78 is 22.8. The van der Waals surface area contributed by atoms with Gasteiger partial charge in [-0.2, -0.15) is 0 Å². The monoisotopic (exact) mass is 288 g/mol. The van der Waals surface area contributed by atoms with Crippen LogP contribution in [0.1, 0.15) is 20.7 Å². The number of carbonyl (C=O) groups excluding carboxylic acids is 2. The Bertz CT molecular complexity index is 650. The van der Waals surface area contributed by atoms with Crippen LogP contribution >= 0.6 is 0 Å². The molecule has 2 aromatic rings. The first-order valence-corrected chi connectivity index (χ1v) is 6.20. The lowest BCUT2D eigenvalue weighted by molar-refractivity contribution is 0.0474. The number of hydrogen-bond donors (Lipinski definition) is 0. The van der Waals surface area contributed by atoms with Gasteiger partial charge >= 0.3 is 5.97 Å². The van der Waals surface area contributed by atoms with Crippen molar-refractivity contribution in [1.29, 1.82) is 0 Å². The van der Waals surface area contributed by atoms with Crippen LogP contribution in [0.25, 0.3) is 0 Å². The van der Waals surface area contributed by atoms with Crippen molar-refractivity contribution in [2.24, 2.45) is 0 Å². The highest BCUT2D eigenvalue weighted by atomic mass is 19.1. The van der Waals surface area contributed by atoms with Gasteiger partial charge in [0.15, 0.2) is 12.4 Å². The molecule has 4 nitrogen and oxygen atoms in total. The number of ether oxygens (including phenoxy) is 2. The number of ketones is 1. The molecule has 0 aliphatic heterocycles. The Morgan fingerprint density at radius 3 is 2.38 bits per heavy atom. The molecule has 0 saturated carbocycles. The van der Waals surface area contributed by atoms with Crippen LogP contribution in [-0.4, -0.2) is 25.5 Å². The highest BCUT2D eigenvalue weighted by molar-refractivity contribution is 5.99. The number of esters is 1. The molecule has 108 valence electrons. The van der Waals surface area contributed by atoms with Gasteiger partial charge < -0.3 is 9.47 Å². The normalized spacial score (nSPS) is 10.0. The Morgan fingerprint density at radius 1 is 1.05 bits per heavy atom. The van der Waals surface area contributed by atoms with Gasteiger partial charge in [0.05, 0.1) is 12.7 Å². The second-order valence-electron chi connectivity index (χ2n) is 4.24. The van der Waals surface area contributed by atoms with Crippen molar-refractivity contribution in [3.63, 3.8) is 0 Å². The Hall–Kier alpha value is -2.69. The predicted molar refractivity (Wildman–Crippen MR) is 74.0 cm³/mol. The van der Waals surface area contributed by atoms with Crippen LogP contribution < -0.4 is 4.74 Å². The molecule has 0 bridgehead atoms. The van der Waals surface area contributed by atoms with Gasteiger partial charge in [-0.15, -0.1) is 0 Å². The lowest BCUT2D eigenvalue weighted by Gasteiger charge is -2.05. The Labute approximate surface area is 121 Å². The molecule has 0 spiro atoms. The Kier molecular flexibility index (Phi) is 4.66. The van der Waals surface area contributed by atoms with Crippen LogP contribution in [0.4, 0.5) is 4.39 Å². The summed E-state index contributed by atoms with van der Waals surface area (Å²) in [6.07, 6.45) is 0. The summed E-state index contributed by atoms with van der Waals surface area (Å²) in [5.41, 5.74) is 0.473. The Balaban J connectivity index is 1.95.